The van der Waals surface area contributed by atoms with Crippen molar-refractivity contribution < 1.29 is 9.53 Å². The van der Waals surface area contributed by atoms with Crippen LogP contribution in [0.2, 0.25) is 5.02 Å². The van der Waals surface area contributed by atoms with Crippen LogP contribution in [0.3, 0.4) is 0 Å². The van der Waals surface area contributed by atoms with Gasteiger partial charge in [-0.2, -0.15) is 0 Å². The summed E-state index contributed by atoms with van der Waals surface area (Å²) in [5.41, 5.74) is 1.24. The van der Waals surface area contributed by atoms with Crippen LogP contribution in [0.25, 0.3) is 6.08 Å². The largest absolute Gasteiger partial charge is 0.457 e. The normalized spacial score (nSPS) is 15.6. The van der Waals surface area contributed by atoms with Crippen LogP contribution >= 0.6 is 23.8 Å². The van der Waals surface area contributed by atoms with E-state index in [4.69, 9.17) is 28.6 Å². The molecule has 1 aliphatic rings. The highest BCUT2D eigenvalue weighted by Crippen LogP contribution is 2.24. The van der Waals surface area contributed by atoms with Crippen molar-refractivity contribution in [2.24, 2.45) is 0 Å². The van der Waals surface area contributed by atoms with E-state index in [-0.39, 0.29) is 5.91 Å². The van der Waals surface area contributed by atoms with Gasteiger partial charge in [0, 0.05) is 5.02 Å². The Morgan fingerprint density at radius 3 is 2.50 bits per heavy atom. The van der Waals surface area contributed by atoms with Gasteiger partial charge in [0.2, 0.25) is 0 Å². The number of benzene rings is 2. The van der Waals surface area contributed by atoms with E-state index in [1.165, 1.54) is 0 Å². The molecule has 0 unspecified atom stereocenters. The maximum absolute atomic E-state index is 11.6. The van der Waals surface area contributed by atoms with Crippen LogP contribution in [-0.4, -0.2) is 11.0 Å². The Kier molecular flexibility index (Phi) is 4.09. The summed E-state index contributed by atoms with van der Waals surface area (Å²) < 4.78 is 5.75. The minimum Gasteiger partial charge on any atom is -0.457 e. The molecule has 3 rings (SSSR count). The molecule has 1 aliphatic heterocycles. The first-order valence-electron chi connectivity index (χ1n) is 6.48. The highest BCUT2D eigenvalue weighted by molar-refractivity contribution is 7.80. The average Bonchev–Trinajstić information content (AvgIpc) is 2.80. The number of nitrogens with one attached hydrogen (secondary N) is 2. The fourth-order valence-electron chi connectivity index (χ4n) is 1.96. The first-order valence-corrected chi connectivity index (χ1v) is 7.26. The smallest absolute Gasteiger partial charge is 0.273 e. The molecule has 22 heavy (non-hydrogen) atoms. The Morgan fingerprint density at radius 2 is 1.82 bits per heavy atom. The van der Waals surface area contributed by atoms with E-state index in [1.54, 1.807) is 30.3 Å². The average molecular weight is 331 g/mol. The third-order valence-electron chi connectivity index (χ3n) is 2.94. The molecular formula is C16H11ClN2O2S. The molecule has 6 heteroatoms. The van der Waals surface area contributed by atoms with E-state index in [1.807, 2.05) is 24.3 Å². The van der Waals surface area contributed by atoms with E-state index >= 15 is 0 Å². The second-order valence-electron chi connectivity index (χ2n) is 4.59. The minimum absolute atomic E-state index is 0.242. The molecule has 2 aromatic rings. The van der Waals surface area contributed by atoms with Crippen LogP contribution in [0.1, 0.15) is 5.56 Å². The van der Waals surface area contributed by atoms with Crippen molar-refractivity contribution in [2.45, 2.75) is 0 Å². The third-order valence-corrected chi connectivity index (χ3v) is 3.39. The van der Waals surface area contributed by atoms with Crippen molar-refractivity contribution in [1.82, 2.24) is 10.6 Å². The molecule has 1 amide bonds. The number of thiocarbonyl (C=S) groups is 1. The van der Waals surface area contributed by atoms with Crippen molar-refractivity contribution >= 4 is 40.9 Å². The topological polar surface area (TPSA) is 50.4 Å². The molecule has 0 bridgehead atoms. The monoisotopic (exact) mass is 330 g/mol. The van der Waals surface area contributed by atoms with Gasteiger partial charge in [0.25, 0.3) is 5.91 Å². The van der Waals surface area contributed by atoms with Gasteiger partial charge in [-0.15, -0.1) is 0 Å². The third kappa shape index (κ3) is 3.44. The number of ether oxygens (including phenoxy) is 1. The number of carbonyl (C=O) groups is 1. The molecule has 110 valence electrons. The molecular weight excluding hydrogens is 320 g/mol. The van der Waals surface area contributed by atoms with Crippen LogP contribution in [0.15, 0.2) is 54.2 Å². The van der Waals surface area contributed by atoms with Gasteiger partial charge in [-0.25, -0.2) is 0 Å². The van der Waals surface area contributed by atoms with Crippen molar-refractivity contribution in [2.75, 3.05) is 0 Å². The van der Waals surface area contributed by atoms with E-state index in [0.29, 0.717) is 27.3 Å². The lowest BCUT2D eigenvalue weighted by Crippen LogP contribution is -2.21. The number of hydrogen-bond donors (Lipinski definition) is 2. The van der Waals surface area contributed by atoms with Gasteiger partial charge in [0.05, 0.1) is 0 Å². The van der Waals surface area contributed by atoms with E-state index < -0.39 is 0 Å². The molecule has 0 radical (unpaired) electrons. The summed E-state index contributed by atoms with van der Waals surface area (Å²) in [6, 6.07) is 14.5. The van der Waals surface area contributed by atoms with E-state index in [0.717, 1.165) is 5.56 Å². The fourth-order valence-corrected chi connectivity index (χ4v) is 2.28. The number of amides is 1. The molecule has 4 nitrogen and oxygen atoms in total. The predicted octanol–water partition coefficient (Wildman–Crippen LogP) is 3.48. The second-order valence-corrected chi connectivity index (χ2v) is 5.44. The summed E-state index contributed by atoms with van der Waals surface area (Å²) >= 11 is 10.7. The number of halogens is 1. The summed E-state index contributed by atoms with van der Waals surface area (Å²) in [4.78, 5) is 11.6. The van der Waals surface area contributed by atoms with Crippen molar-refractivity contribution in [3.63, 3.8) is 0 Å². The van der Waals surface area contributed by atoms with E-state index in [9.17, 15) is 4.79 Å². The van der Waals surface area contributed by atoms with Crippen molar-refractivity contribution in [3.05, 3.63) is 64.8 Å². The molecule has 2 aromatic carbocycles. The van der Waals surface area contributed by atoms with E-state index in [2.05, 4.69) is 10.6 Å². The molecule has 0 aliphatic carbocycles. The van der Waals surface area contributed by atoms with Gasteiger partial charge in [-0.3, -0.25) is 10.1 Å². The summed E-state index contributed by atoms with van der Waals surface area (Å²) in [6.07, 6.45) is 1.71. The van der Waals surface area contributed by atoms with Gasteiger partial charge >= 0.3 is 0 Å². The molecule has 0 spiro atoms. The number of hydrogen-bond acceptors (Lipinski definition) is 3. The first kappa shape index (κ1) is 14.6. The zero-order valence-electron chi connectivity index (χ0n) is 11.3. The van der Waals surface area contributed by atoms with Crippen molar-refractivity contribution in [3.8, 4) is 11.5 Å². The van der Waals surface area contributed by atoms with Crippen LogP contribution in [0.4, 0.5) is 0 Å². The summed E-state index contributed by atoms with van der Waals surface area (Å²) in [5, 5.41) is 6.28. The van der Waals surface area contributed by atoms with Gasteiger partial charge in [0.15, 0.2) is 5.11 Å². The van der Waals surface area contributed by atoms with Gasteiger partial charge < -0.3 is 10.1 Å². The van der Waals surface area contributed by atoms with Crippen LogP contribution in [0.5, 0.6) is 11.5 Å². The lowest BCUT2D eigenvalue weighted by molar-refractivity contribution is -0.115. The van der Waals surface area contributed by atoms with Crippen LogP contribution in [0, 0.1) is 0 Å². The van der Waals surface area contributed by atoms with Crippen LogP contribution < -0.4 is 15.4 Å². The zero-order valence-corrected chi connectivity index (χ0v) is 12.9. The standard InChI is InChI=1S/C16H11ClN2O2S/c17-11-4-6-12(7-5-11)21-13-3-1-2-10(8-13)9-14-15(20)19-16(22)18-14/h1-9H,(H2,18,19,20,22)/b14-9-. The predicted molar refractivity (Wildman–Crippen MR) is 89.8 cm³/mol. The van der Waals surface area contributed by atoms with Gasteiger partial charge in [0.1, 0.15) is 17.2 Å². The molecule has 0 saturated carbocycles. The molecule has 0 aromatic heterocycles. The molecule has 1 saturated heterocycles. The lowest BCUT2D eigenvalue weighted by atomic mass is 10.2. The molecule has 1 fully saturated rings. The zero-order chi connectivity index (χ0) is 15.5. The summed E-state index contributed by atoms with van der Waals surface area (Å²) in [6.45, 7) is 0. The first-order chi connectivity index (χ1) is 10.6. The maximum Gasteiger partial charge on any atom is 0.273 e. The number of carbonyl (C=O) groups excluding carboxylic acids is 1. The SMILES string of the molecule is O=C1NC(=S)N/C1=C\c1cccc(Oc2ccc(Cl)cc2)c1. The lowest BCUT2D eigenvalue weighted by Gasteiger charge is -2.06. The molecule has 0 atom stereocenters. The van der Waals surface area contributed by atoms with Crippen LogP contribution in [-0.2, 0) is 4.79 Å². The Bertz CT molecular complexity index is 772. The second kappa shape index (κ2) is 6.17. The highest BCUT2D eigenvalue weighted by atomic mass is 35.5. The quantitative estimate of drug-likeness (QED) is 0.668. The Hall–Kier alpha value is -2.37. The Labute approximate surface area is 137 Å². The number of rotatable bonds is 3. The summed E-state index contributed by atoms with van der Waals surface area (Å²) in [7, 11) is 0. The Morgan fingerprint density at radius 1 is 1.05 bits per heavy atom. The van der Waals surface area contributed by atoms with Gasteiger partial charge in [-0.1, -0.05) is 23.7 Å². The Balaban J connectivity index is 1.81. The minimum atomic E-state index is -0.242. The molecule has 1 heterocycles. The fraction of sp³-hybridized carbons (Fsp3) is 0. The maximum atomic E-state index is 11.6. The highest BCUT2D eigenvalue weighted by Gasteiger charge is 2.19. The molecule has 2 N–H and O–H groups in total. The summed E-state index contributed by atoms with van der Waals surface area (Å²) in [5.74, 6) is 1.11. The van der Waals surface area contributed by atoms with Gasteiger partial charge in [-0.05, 0) is 60.3 Å². The van der Waals surface area contributed by atoms with Crippen molar-refractivity contribution in [1.29, 1.82) is 0 Å².